The zero-order valence-corrected chi connectivity index (χ0v) is 12.3. The number of benzene rings is 1. The van der Waals surface area contributed by atoms with Crippen molar-refractivity contribution in [3.05, 3.63) is 46.1 Å². The highest BCUT2D eigenvalue weighted by molar-refractivity contribution is 9.10. The van der Waals surface area contributed by atoms with Gasteiger partial charge in [0.05, 0.1) is 12.2 Å². The van der Waals surface area contributed by atoms with E-state index in [9.17, 15) is 17.2 Å². The van der Waals surface area contributed by atoms with Crippen molar-refractivity contribution in [3.8, 4) is 0 Å². The quantitative estimate of drug-likeness (QED) is 0.870. The third kappa shape index (κ3) is 3.00. The van der Waals surface area contributed by atoms with Gasteiger partial charge in [-0.05, 0) is 34.1 Å². The maximum Gasteiger partial charge on any atom is 0.295 e. The van der Waals surface area contributed by atoms with Gasteiger partial charge in [0, 0.05) is 10.5 Å². The molecule has 1 heterocycles. The molecule has 2 rings (SSSR count). The monoisotopic (exact) mass is 366 g/mol. The third-order valence-corrected chi connectivity index (χ3v) is 4.19. The van der Waals surface area contributed by atoms with Gasteiger partial charge < -0.3 is 10.2 Å². The highest BCUT2D eigenvalue weighted by Gasteiger charge is 2.22. The predicted octanol–water partition coefficient (Wildman–Crippen LogP) is 2.58. The number of halogens is 3. The number of hydrogen-bond donors (Lipinski definition) is 2. The van der Waals surface area contributed by atoms with Crippen molar-refractivity contribution >= 4 is 31.6 Å². The number of furan rings is 1. The van der Waals surface area contributed by atoms with Crippen molar-refractivity contribution in [3.63, 3.8) is 0 Å². The molecule has 9 heteroatoms. The fourth-order valence-corrected chi connectivity index (χ4v) is 3.12. The first-order valence-corrected chi connectivity index (χ1v) is 7.57. The van der Waals surface area contributed by atoms with Crippen molar-refractivity contribution in [1.29, 1.82) is 0 Å². The molecule has 1 aromatic heterocycles. The summed E-state index contributed by atoms with van der Waals surface area (Å²) in [6.07, 6.45) is 0. The molecule has 5 nitrogen and oxygen atoms in total. The summed E-state index contributed by atoms with van der Waals surface area (Å²) in [5.41, 5.74) is 4.90. The summed E-state index contributed by atoms with van der Waals surface area (Å²) in [5, 5.41) is -0.409. The van der Waals surface area contributed by atoms with Gasteiger partial charge in [0.2, 0.25) is 5.09 Å². The van der Waals surface area contributed by atoms with Crippen LogP contribution in [0.5, 0.6) is 0 Å². The maximum atomic E-state index is 13.6. The van der Waals surface area contributed by atoms with Crippen LogP contribution in [0.3, 0.4) is 0 Å². The van der Waals surface area contributed by atoms with Crippen LogP contribution < -0.4 is 10.5 Å². The second-order valence-electron chi connectivity index (χ2n) is 3.77. The van der Waals surface area contributed by atoms with E-state index >= 15 is 0 Å². The standard InChI is InChI=1S/C11H9BrF2N2O3S/c12-8-3-6(13)4-9(14)11(8)16-20(17,18)10-2-1-7(5-15)19-10/h1-4,16H,5,15H2. The van der Waals surface area contributed by atoms with E-state index in [1.54, 1.807) is 0 Å². The van der Waals surface area contributed by atoms with Crippen molar-refractivity contribution in [2.45, 2.75) is 11.6 Å². The smallest absolute Gasteiger partial charge is 0.295 e. The Kier molecular flexibility index (Phi) is 4.11. The molecule has 0 fully saturated rings. The molecule has 0 aliphatic carbocycles. The molecule has 0 bridgehead atoms. The van der Waals surface area contributed by atoms with Crippen molar-refractivity contribution in [1.82, 2.24) is 0 Å². The molecule has 0 aliphatic rings. The molecule has 0 unspecified atom stereocenters. The molecule has 0 saturated heterocycles. The Bertz CT molecular complexity index is 723. The molecular weight excluding hydrogens is 358 g/mol. The molecule has 20 heavy (non-hydrogen) atoms. The van der Waals surface area contributed by atoms with Crippen LogP contribution in [0.15, 0.2) is 38.2 Å². The van der Waals surface area contributed by atoms with Gasteiger partial charge in [-0.15, -0.1) is 0 Å². The van der Waals surface area contributed by atoms with Crippen LogP contribution >= 0.6 is 15.9 Å². The van der Waals surface area contributed by atoms with E-state index in [1.807, 2.05) is 4.72 Å². The largest absolute Gasteiger partial charge is 0.446 e. The lowest BCUT2D eigenvalue weighted by atomic mass is 10.3. The van der Waals surface area contributed by atoms with Crippen LogP contribution in [0.25, 0.3) is 0 Å². The number of hydrogen-bond acceptors (Lipinski definition) is 4. The highest BCUT2D eigenvalue weighted by Crippen LogP contribution is 2.29. The summed E-state index contributed by atoms with van der Waals surface area (Å²) in [4.78, 5) is 0. The van der Waals surface area contributed by atoms with Crippen LogP contribution in [-0.4, -0.2) is 8.42 Å². The average molecular weight is 367 g/mol. The summed E-state index contributed by atoms with van der Waals surface area (Å²) >= 11 is 2.88. The van der Waals surface area contributed by atoms with E-state index in [2.05, 4.69) is 15.9 Å². The lowest BCUT2D eigenvalue weighted by Crippen LogP contribution is -2.14. The second-order valence-corrected chi connectivity index (χ2v) is 6.24. The van der Waals surface area contributed by atoms with Gasteiger partial charge in [-0.25, -0.2) is 8.78 Å². The summed E-state index contributed by atoms with van der Waals surface area (Å²) in [7, 11) is -4.13. The van der Waals surface area contributed by atoms with Crippen molar-refractivity contribution in [2.24, 2.45) is 5.73 Å². The van der Waals surface area contributed by atoms with Gasteiger partial charge in [-0.1, -0.05) is 0 Å². The average Bonchev–Trinajstić information content (AvgIpc) is 2.83. The Balaban J connectivity index is 2.38. The van der Waals surface area contributed by atoms with Crippen LogP contribution in [0.1, 0.15) is 5.76 Å². The van der Waals surface area contributed by atoms with Gasteiger partial charge >= 0.3 is 0 Å². The number of sulfonamides is 1. The number of anilines is 1. The molecule has 0 radical (unpaired) electrons. The zero-order chi connectivity index (χ0) is 14.9. The van der Waals surface area contributed by atoms with E-state index in [0.29, 0.717) is 6.07 Å². The highest BCUT2D eigenvalue weighted by atomic mass is 79.9. The van der Waals surface area contributed by atoms with E-state index in [4.69, 9.17) is 10.2 Å². The van der Waals surface area contributed by atoms with Gasteiger partial charge in [0.25, 0.3) is 10.0 Å². The van der Waals surface area contributed by atoms with Gasteiger partial charge in [0.15, 0.2) is 5.82 Å². The number of rotatable bonds is 4. The second kappa shape index (κ2) is 5.51. The van der Waals surface area contributed by atoms with E-state index in [0.717, 1.165) is 6.07 Å². The zero-order valence-electron chi connectivity index (χ0n) is 9.86. The van der Waals surface area contributed by atoms with E-state index in [1.165, 1.54) is 12.1 Å². The Hall–Kier alpha value is -1.45. The Morgan fingerprint density at radius 3 is 2.55 bits per heavy atom. The maximum absolute atomic E-state index is 13.6. The van der Waals surface area contributed by atoms with E-state index in [-0.39, 0.29) is 16.8 Å². The summed E-state index contributed by atoms with van der Waals surface area (Å²) in [6, 6.07) is 4.09. The molecule has 0 saturated carbocycles. The molecule has 2 aromatic rings. The molecule has 0 atom stereocenters. The SMILES string of the molecule is NCc1ccc(S(=O)(=O)Nc2c(F)cc(F)cc2Br)o1. The van der Waals surface area contributed by atoms with Gasteiger partial charge in [-0.3, -0.25) is 4.72 Å². The number of nitrogens with two attached hydrogens (primary N) is 1. The minimum absolute atomic E-state index is 0.0319. The lowest BCUT2D eigenvalue weighted by Gasteiger charge is -2.09. The van der Waals surface area contributed by atoms with Crippen molar-refractivity contribution in [2.75, 3.05) is 4.72 Å². The molecule has 0 amide bonds. The van der Waals surface area contributed by atoms with Crippen LogP contribution in [0, 0.1) is 11.6 Å². The van der Waals surface area contributed by atoms with Gasteiger partial charge in [0.1, 0.15) is 11.6 Å². The first-order valence-electron chi connectivity index (χ1n) is 5.29. The first-order chi connectivity index (χ1) is 9.33. The topological polar surface area (TPSA) is 85.3 Å². The Morgan fingerprint density at radius 1 is 1.30 bits per heavy atom. The fourth-order valence-electron chi connectivity index (χ4n) is 1.44. The molecule has 0 aliphatic heterocycles. The molecular formula is C11H9BrF2N2O3S. The van der Waals surface area contributed by atoms with Crippen molar-refractivity contribution < 1.29 is 21.6 Å². The Morgan fingerprint density at radius 2 is 2.00 bits per heavy atom. The first kappa shape index (κ1) is 14.9. The van der Waals surface area contributed by atoms with Crippen LogP contribution in [0.4, 0.5) is 14.5 Å². The third-order valence-electron chi connectivity index (χ3n) is 2.35. The molecule has 0 spiro atoms. The normalized spacial score (nSPS) is 11.6. The molecule has 108 valence electrons. The van der Waals surface area contributed by atoms with Crippen LogP contribution in [-0.2, 0) is 16.6 Å². The summed E-state index contributed by atoms with van der Waals surface area (Å²) in [5.74, 6) is -1.61. The minimum Gasteiger partial charge on any atom is -0.446 e. The Labute approximate surface area is 121 Å². The van der Waals surface area contributed by atoms with Crippen LogP contribution in [0.2, 0.25) is 0 Å². The van der Waals surface area contributed by atoms with Gasteiger partial charge in [-0.2, -0.15) is 8.42 Å². The predicted molar refractivity (Wildman–Crippen MR) is 71.5 cm³/mol. The summed E-state index contributed by atoms with van der Waals surface area (Å²) in [6.45, 7) is 0.0319. The van der Waals surface area contributed by atoms with E-state index < -0.39 is 32.4 Å². The fraction of sp³-hybridized carbons (Fsp3) is 0.0909. The lowest BCUT2D eigenvalue weighted by molar-refractivity contribution is 0.417. The molecule has 3 N–H and O–H groups in total. The minimum atomic E-state index is -4.13. The number of nitrogens with one attached hydrogen (secondary N) is 1. The molecule has 1 aromatic carbocycles. The summed E-state index contributed by atoms with van der Waals surface area (Å²) < 4.78 is 57.4.